The number of carbonyl (C=O) groups excluding carboxylic acids is 2. The van der Waals surface area contributed by atoms with Gasteiger partial charge in [-0.2, -0.15) is 0 Å². The Labute approximate surface area is 125 Å². The molecule has 3 atom stereocenters. The summed E-state index contributed by atoms with van der Waals surface area (Å²) in [6.45, 7) is 3.88. The molecule has 0 bridgehead atoms. The first-order valence-corrected chi connectivity index (χ1v) is 9.38. The Bertz CT molecular complexity index is 584. The summed E-state index contributed by atoms with van der Waals surface area (Å²) in [4.78, 5) is 26.6. The molecule has 1 N–H and O–H groups in total. The Morgan fingerprint density at radius 1 is 1.29 bits per heavy atom. The largest absolute Gasteiger partial charge is 0.340 e. The van der Waals surface area contributed by atoms with Crippen molar-refractivity contribution in [2.45, 2.75) is 44.7 Å². The van der Waals surface area contributed by atoms with E-state index in [4.69, 9.17) is 0 Å². The van der Waals surface area contributed by atoms with Gasteiger partial charge >= 0.3 is 0 Å². The quantitative estimate of drug-likeness (QED) is 0.791. The molecule has 21 heavy (non-hydrogen) atoms. The molecule has 0 aromatic rings. The Morgan fingerprint density at radius 2 is 1.95 bits per heavy atom. The lowest BCUT2D eigenvalue weighted by atomic mass is 9.89. The van der Waals surface area contributed by atoms with Crippen molar-refractivity contribution >= 4 is 21.7 Å². The molecule has 118 valence electrons. The van der Waals surface area contributed by atoms with Gasteiger partial charge in [-0.3, -0.25) is 9.59 Å². The molecule has 7 heteroatoms. The summed E-state index contributed by atoms with van der Waals surface area (Å²) in [5, 5.41) is 2.88. The highest BCUT2D eigenvalue weighted by Crippen LogP contribution is 2.42. The first-order valence-electron chi connectivity index (χ1n) is 7.56. The molecule has 3 fully saturated rings. The molecule has 2 amide bonds. The maximum atomic E-state index is 12.8. The Morgan fingerprint density at radius 3 is 2.48 bits per heavy atom. The number of nitrogens with zero attached hydrogens (tertiary/aromatic N) is 1. The molecule has 1 saturated carbocycles. The van der Waals surface area contributed by atoms with Gasteiger partial charge in [0.25, 0.3) is 0 Å². The SMILES string of the molecule is CC1C(=O)NC(C)(C2CC2)C(=O)N1CC1CCS(=O)(=O)C1. The fraction of sp³-hybridized carbons (Fsp3) is 0.857. The van der Waals surface area contributed by atoms with Gasteiger partial charge in [0.15, 0.2) is 9.84 Å². The second-order valence-electron chi connectivity index (χ2n) is 6.87. The van der Waals surface area contributed by atoms with Crippen LogP contribution in [-0.4, -0.2) is 54.8 Å². The standard InChI is InChI=1S/C14H22N2O4S/c1-9-12(17)15-14(2,11-3-4-11)13(18)16(9)7-10-5-6-21(19,20)8-10/h9-11H,3-8H2,1-2H3,(H,15,17). The minimum atomic E-state index is -2.97. The first kappa shape index (κ1) is 14.8. The highest BCUT2D eigenvalue weighted by molar-refractivity contribution is 7.91. The summed E-state index contributed by atoms with van der Waals surface area (Å²) in [6, 6.07) is -0.521. The van der Waals surface area contributed by atoms with Crippen molar-refractivity contribution in [2.24, 2.45) is 11.8 Å². The average Bonchev–Trinajstić information content (AvgIpc) is 3.19. The number of hydrogen-bond donors (Lipinski definition) is 1. The lowest BCUT2D eigenvalue weighted by Gasteiger charge is -2.44. The van der Waals surface area contributed by atoms with Crippen LogP contribution in [0.25, 0.3) is 0 Å². The van der Waals surface area contributed by atoms with Crippen LogP contribution in [0.3, 0.4) is 0 Å². The summed E-state index contributed by atoms with van der Waals surface area (Å²) in [6.07, 6.45) is 2.51. The number of rotatable bonds is 3. The van der Waals surface area contributed by atoms with E-state index < -0.39 is 21.4 Å². The van der Waals surface area contributed by atoms with Crippen molar-refractivity contribution in [2.75, 3.05) is 18.1 Å². The maximum absolute atomic E-state index is 12.8. The molecule has 3 rings (SSSR count). The Balaban J connectivity index is 1.78. The number of nitrogens with one attached hydrogen (secondary N) is 1. The lowest BCUT2D eigenvalue weighted by molar-refractivity contribution is -0.155. The minimum Gasteiger partial charge on any atom is -0.340 e. The van der Waals surface area contributed by atoms with Crippen LogP contribution in [0.15, 0.2) is 0 Å². The minimum absolute atomic E-state index is 0.0456. The summed E-state index contributed by atoms with van der Waals surface area (Å²) in [7, 11) is -2.97. The third-order valence-electron chi connectivity index (χ3n) is 5.11. The molecule has 0 aromatic heterocycles. The van der Waals surface area contributed by atoms with Gasteiger partial charge in [0.2, 0.25) is 11.8 Å². The van der Waals surface area contributed by atoms with Crippen molar-refractivity contribution < 1.29 is 18.0 Å². The normalized spacial score (nSPS) is 39.4. The van der Waals surface area contributed by atoms with Gasteiger partial charge in [0, 0.05) is 6.54 Å². The molecule has 0 radical (unpaired) electrons. The zero-order chi connectivity index (χ0) is 15.4. The highest BCUT2D eigenvalue weighted by atomic mass is 32.2. The molecule has 2 heterocycles. The van der Waals surface area contributed by atoms with E-state index in [-0.39, 0.29) is 35.2 Å². The Hall–Kier alpha value is -1.11. The molecular weight excluding hydrogens is 292 g/mol. The van der Waals surface area contributed by atoms with E-state index >= 15 is 0 Å². The van der Waals surface area contributed by atoms with Crippen LogP contribution in [0, 0.1) is 11.8 Å². The van der Waals surface area contributed by atoms with Crippen LogP contribution >= 0.6 is 0 Å². The third-order valence-corrected chi connectivity index (χ3v) is 6.95. The fourth-order valence-electron chi connectivity index (χ4n) is 3.50. The molecule has 0 spiro atoms. The third kappa shape index (κ3) is 2.56. The number of sulfone groups is 1. The highest BCUT2D eigenvalue weighted by Gasteiger charge is 2.54. The molecule has 2 aliphatic heterocycles. The first-order chi connectivity index (χ1) is 9.73. The van der Waals surface area contributed by atoms with Crippen LogP contribution in [0.1, 0.15) is 33.1 Å². The van der Waals surface area contributed by atoms with Crippen LogP contribution in [0.5, 0.6) is 0 Å². The molecular formula is C14H22N2O4S. The molecule has 3 aliphatic rings. The van der Waals surface area contributed by atoms with Crippen molar-refractivity contribution in [3.05, 3.63) is 0 Å². The van der Waals surface area contributed by atoms with E-state index in [1.165, 1.54) is 0 Å². The summed E-state index contributed by atoms with van der Waals surface area (Å²) in [5.41, 5.74) is -0.804. The topological polar surface area (TPSA) is 83.6 Å². The number of hydrogen-bond acceptors (Lipinski definition) is 4. The van der Waals surface area contributed by atoms with Gasteiger partial charge in [-0.25, -0.2) is 8.42 Å². The van der Waals surface area contributed by atoms with Gasteiger partial charge in [-0.1, -0.05) is 0 Å². The second-order valence-corrected chi connectivity index (χ2v) is 9.10. The van der Waals surface area contributed by atoms with Gasteiger partial charge in [0.05, 0.1) is 11.5 Å². The van der Waals surface area contributed by atoms with Crippen LogP contribution in [-0.2, 0) is 19.4 Å². The molecule has 2 saturated heterocycles. The molecule has 3 unspecified atom stereocenters. The van der Waals surface area contributed by atoms with Gasteiger partial charge in [0.1, 0.15) is 11.6 Å². The zero-order valence-corrected chi connectivity index (χ0v) is 13.3. The van der Waals surface area contributed by atoms with E-state index in [0.717, 1.165) is 12.8 Å². The number of amides is 2. The smallest absolute Gasteiger partial charge is 0.249 e. The van der Waals surface area contributed by atoms with Gasteiger partial charge in [-0.05, 0) is 44.9 Å². The Kier molecular flexibility index (Phi) is 3.31. The summed E-state index contributed by atoms with van der Waals surface area (Å²) in [5.74, 6) is 0.309. The van der Waals surface area contributed by atoms with E-state index in [0.29, 0.717) is 13.0 Å². The van der Waals surface area contributed by atoms with Crippen LogP contribution < -0.4 is 5.32 Å². The van der Waals surface area contributed by atoms with E-state index in [1.54, 1.807) is 18.7 Å². The number of carbonyl (C=O) groups is 2. The predicted octanol–water partition coefficient (Wildman–Crippen LogP) is -0.0633. The van der Waals surface area contributed by atoms with Crippen LogP contribution in [0.4, 0.5) is 0 Å². The fourth-order valence-corrected chi connectivity index (χ4v) is 5.35. The van der Waals surface area contributed by atoms with Gasteiger partial charge < -0.3 is 10.2 Å². The number of piperazine rings is 1. The zero-order valence-electron chi connectivity index (χ0n) is 12.5. The van der Waals surface area contributed by atoms with E-state index in [1.807, 2.05) is 0 Å². The molecule has 1 aliphatic carbocycles. The monoisotopic (exact) mass is 314 g/mol. The van der Waals surface area contributed by atoms with E-state index in [2.05, 4.69) is 5.32 Å². The average molecular weight is 314 g/mol. The van der Waals surface area contributed by atoms with E-state index in [9.17, 15) is 18.0 Å². The van der Waals surface area contributed by atoms with Crippen molar-refractivity contribution in [1.29, 1.82) is 0 Å². The van der Waals surface area contributed by atoms with Gasteiger partial charge in [-0.15, -0.1) is 0 Å². The molecule has 0 aromatic carbocycles. The maximum Gasteiger partial charge on any atom is 0.249 e. The second kappa shape index (κ2) is 4.69. The summed E-state index contributed by atoms with van der Waals surface area (Å²) < 4.78 is 23.1. The van der Waals surface area contributed by atoms with Crippen LogP contribution in [0.2, 0.25) is 0 Å². The lowest BCUT2D eigenvalue weighted by Crippen LogP contribution is -2.70. The van der Waals surface area contributed by atoms with Crippen molar-refractivity contribution in [3.8, 4) is 0 Å². The predicted molar refractivity (Wildman–Crippen MR) is 77.2 cm³/mol. The van der Waals surface area contributed by atoms with Crippen molar-refractivity contribution in [3.63, 3.8) is 0 Å². The van der Waals surface area contributed by atoms with Crippen molar-refractivity contribution in [1.82, 2.24) is 10.2 Å². The molecule has 6 nitrogen and oxygen atoms in total. The summed E-state index contributed by atoms with van der Waals surface area (Å²) >= 11 is 0.